The molecule has 0 saturated carbocycles. The molecule has 0 aromatic heterocycles. The van der Waals surface area contributed by atoms with Crippen molar-refractivity contribution >= 4 is 23.3 Å². The Kier molecular flexibility index (Phi) is 1.51. The molecule has 0 aromatic carbocycles. The molecule has 12 heavy (non-hydrogen) atoms. The van der Waals surface area contributed by atoms with E-state index < -0.39 is 5.54 Å². The number of carbonyl (C=O) groups excluding carboxylic acids is 2. The van der Waals surface area contributed by atoms with Gasteiger partial charge < -0.3 is 5.32 Å². The Morgan fingerprint density at radius 2 is 2.58 bits per heavy atom. The summed E-state index contributed by atoms with van der Waals surface area (Å²) in [5, 5.41) is 2.66. The lowest BCUT2D eigenvalue weighted by Crippen LogP contribution is -2.48. The van der Waals surface area contributed by atoms with Crippen LogP contribution in [0.1, 0.15) is 6.42 Å². The zero-order chi connectivity index (χ0) is 8.77. The van der Waals surface area contributed by atoms with Crippen LogP contribution >= 0.6 is 11.6 Å². The van der Waals surface area contributed by atoms with Crippen LogP contribution in [-0.4, -0.2) is 23.1 Å². The summed E-state index contributed by atoms with van der Waals surface area (Å²) < 4.78 is 0. The first kappa shape index (κ1) is 7.80. The van der Waals surface area contributed by atoms with E-state index in [9.17, 15) is 9.59 Å². The number of ketones is 1. The van der Waals surface area contributed by atoms with Crippen molar-refractivity contribution in [2.45, 2.75) is 12.0 Å². The molecule has 1 saturated heterocycles. The minimum absolute atomic E-state index is 0.0443. The Morgan fingerprint density at radius 1 is 1.83 bits per heavy atom. The van der Waals surface area contributed by atoms with E-state index in [1.807, 2.05) is 0 Å². The van der Waals surface area contributed by atoms with E-state index in [4.69, 9.17) is 11.6 Å². The molecular formula is C8H8ClNO2. The number of carbonyl (C=O) groups is 2. The minimum Gasteiger partial charge on any atom is -0.340 e. The van der Waals surface area contributed by atoms with Gasteiger partial charge in [-0.25, -0.2) is 0 Å². The zero-order valence-electron chi connectivity index (χ0n) is 6.34. The Morgan fingerprint density at radius 3 is 3.00 bits per heavy atom. The lowest BCUT2D eigenvalue weighted by Gasteiger charge is -2.21. The number of Topliss-reactive ketones (excluding diaryl/α,β-unsaturated/α-hetero) is 1. The number of nitrogens with one attached hydrogen (secondary N) is 1. The van der Waals surface area contributed by atoms with Gasteiger partial charge in [0.25, 0.3) is 0 Å². The Bertz CT molecular complexity index is 287. The van der Waals surface area contributed by atoms with Crippen molar-refractivity contribution in [3.8, 4) is 0 Å². The van der Waals surface area contributed by atoms with Crippen LogP contribution in [0.2, 0.25) is 0 Å². The molecular weight excluding hydrogens is 178 g/mol. The molecule has 2 atom stereocenters. The third-order valence-electron chi connectivity index (χ3n) is 2.46. The van der Waals surface area contributed by atoms with Gasteiger partial charge in [-0.1, -0.05) is 12.2 Å². The SMILES string of the molecule is O=C1NC2(C(=O)CCl)C=CC1C2. The molecule has 0 aromatic rings. The second-order valence-corrected chi connectivity index (χ2v) is 3.45. The molecule has 3 nitrogen and oxygen atoms in total. The normalized spacial score (nSPS) is 37.1. The summed E-state index contributed by atoms with van der Waals surface area (Å²) in [5.41, 5.74) is -0.760. The third kappa shape index (κ3) is 0.829. The highest BCUT2D eigenvalue weighted by Crippen LogP contribution is 2.35. The Hall–Kier alpha value is -0.830. The van der Waals surface area contributed by atoms with Gasteiger partial charge in [-0.15, -0.1) is 11.6 Å². The average Bonchev–Trinajstić information content (AvgIpc) is 2.60. The van der Waals surface area contributed by atoms with Crippen molar-refractivity contribution in [2.75, 3.05) is 5.88 Å². The molecule has 2 rings (SSSR count). The summed E-state index contributed by atoms with van der Waals surface area (Å²) in [6.45, 7) is 0. The molecule has 1 amide bonds. The molecule has 2 bridgehead atoms. The molecule has 0 spiro atoms. The first-order valence-electron chi connectivity index (χ1n) is 3.78. The summed E-state index contributed by atoms with van der Waals surface area (Å²) in [6.07, 6.45) is 4.09. The van der Waals surface area contributed by atoms with Crippen LogP contribution in [0.3, 0.4) is 0 Å². The highest BCUT2D eigenvalue weighted by Gasteiger charge is 2.50. The highest BCUT2D eigenvalue weighted by molar-refractivity contribution is 6.29. The number of hydrogen-bond donors (Lipinski definition) is 1. The number of alkyl halides is 1. The number of hydrogen-bond acceptors (Lipinski definition) is 2. The van der Waals surface area contributed by atoms with Gasteiger partial charge in [0.05, 0.1) is 11.8 Å². The van der Waals surface area contributed by atoms with Gasteiger partial charge in [0, 0.05) is 0 Å². The van der Waals surface area contributed by atoms with Gasteiger partial charge >= 0.3 is 0 Å². The van der Waals surface area contributed by atoms with Gasteiger partial charge in [0.1, 0.15) is 5.54 Å². The van der Waals surface area contributed by atoms with E-state index in [1.165, 1.54) is 0 Å². The monoisotopic (exact) mass is 185 g/mol. The molecule has 2 aliphatic rings. The average molecular weight is 186 g/mol. The molecule has 1 heterocycles. The largest absolute Gasteiger partial charge is 0.340 e. The highest BCUT2D eigenvalue weighted by atomic mass is 35.5. The maximum atomic E-state index is 11.3. The van der Waals surface area contributed by atoms with Gasteiger partial charge in [0.15, 0.2) is 5.78 Å². The number of amides is 1. The van der Waals surface area contributed by atoms with E-state index in [-0.39, 0.29) is 23.5 Å². The van der Waals surface area contributed by atoms with Gasteiger partial charge in [-0.3, -0.25) is 9.59 Å². The van der Waals surface area contributed by atoms with E-state index in [1.54, 1.807) is 12.2 Å². The summed E-state index contributed by atoms with van der Waals surface area (Å²) in [7, 11) is 0. The van der Waals surface area contributed by atoms with Crippen molar-refractivity contribution in [3.05, 3.63) is 12.2 Å². The molecule has 4 heteroatoms. The molecule has 1 aliphatic heterocycles. The van der Waals surface area contributed by atoms with Crippen molar-refractivity contribution in [1.29, 1.82) is 0 Å². The van der Waals surface area contributed by atoms with Crippen LogP contribution in [0.4, 0.5) is 0 Å². The molecule has 0 radical (unpaired) electrons. The third-order valence-corrected chi connectivity index (χ3v) is 2.70. The van der Waals surface area contributed by atoms with Crippen molar-refractivity contribution in [2.24, 2.45) is 5.92 Å². The first-order chi connectivity index (χ1) is 5.68. The second-order valence-electron chi connectivity index (χ2n) is 3.19. The van der Waals surface area contributed by atoms with E-state index in [2.05, 4.69) is 5.32 Å². The van der Waals surface area contributed by atoms with Crippen LogP contribution in [-0.2, 0) is 9.59 Å². The van der Waals surface area contributed by atoms with E-state index >= 15 is 0 Å². The summed E-state index contributed by atoms with van der Waals surface area (Å²) in [4.78, 5) is 22.4. The summed E-state index contributed by atoms with van der Waals surface area (Å²) >= 11 is 5.43. The molecule has 1 N–H and O–H groups in total. The van der Waals surface area contributed by atoms with Crippen molar-refractivity contribution in [1.82, 2.24) is 5.32 Å². The standard InChI is InChI=1S/C8H8ClNO2/c9-4-6(11)8-2-1-5(3-8)7(12)10-8/h1-2,5H,3-4H2,(H,10,12). The van der Waals surface area contributed by atoms with Crippen LogP contribution in [0.5, 0.6) is 0 Å². The topological polar surface area (TPSA) is 46.2 Å². The quantitative estimate of drug-likeness (QED) is 0.495. The fourth-order valence-electron chi connectivity index (χ4n) is 1.74. The minimum atomic E-state index is -0.760. The zero-order valence-corrected chi connectivity index (χ0v) is 7.10. The van der Waals surface area contributed by atoms with E-state index in [0.29, 0.717) is 6.42 Å². The molecule has 64 valence electrons. The van der Waals surface area contributed by atoms with Gasteiger partial charge in [-0.2, -0.15) is 0 Å². The Balaban J connectivity index is 2.31. The van der Waals surface area contributed by atoms with Crippen LogP contribution in [0.25, 0.3) is 0 Å². The predicted molar refractivity (Wildman–Crippen MR) is 43.8 cm³/mol. The van der Waals surface area contributed by atoms with Crippen molar-refractivity contribution in [3.63, 3.8) is 0 Å². The van der Waals surface area contributed by atoms with Crippen LogP contribution < -0.4 is 5.32 Å². The lowest BCUT2D eigenvalue weighted by atomic mass is 9.96. The number of rotatable bonds is 2. The van der Waals surface area contributed by atoms with Gasteiger partial charge in [0.2, 0.25) is 5.91 Å². The van der Waals surface area contributed by atoms with Crippen LogP contribution in [0.15, 0.2) is 12.2 Å². The fraction of sp³-hybridized carbons (Fsp3) is 0.500. The summed E-state index contributed by atoms with van der Waals surface area (Å²) in [5.74, 6) is -0.334. The smallest absolute Gasteiger partial charge is 0.228 e. The van der Waals surface area contributed by atoms with Crippen LogP contribution in [0, 0.1) is 5.92 Å². The van der Waals surface area contributed by atoms with E-state index in [0.717, 1.165) is 0 Å². The maximum absolute atomic E-state index is 11.3. The van der Waals surface area contributed by atoms with Crippen molar-refractivity contribution < 1.29 is 9.59 Å². The molecule has 2 unspecified atom stereocenters. The molecule has 1 aliphatic carbocycles. The lowest BCUT2D eigenvalue weighted by molar-refractivity contribution is -0.126. The predicted octanol–water partition coefficient (Wildman–Crippen LogP) is 0.239. The number of halogens is 1. The first-order valence-corrected chi connectivity index (χ1v) is 4.32. The number of fused-ring (bicyclic) bond motifs is 2. The Labute approximate surface area is 74.8 Å². The van der Waals surface area contributed by atoms with Gasteiger partial charge in [-0.05, 0) is 6.42 Å². The summed E-state index contributed by atoms with van der Waals surface area (Å²) in [6, 6.07) is 0. The fourth-order valence-corrected chi connectivity index (χ4v) is 1.98. The second kappa shape index (κ2) is 2.33. The maximum Gasteiger partial charge on any atom is 0.228 e. The molecule has 1 fully saturated rings.